The van der Waals surface area contributed by atoms with Gasteiger partial charge in [-0.15, -0.1) is 0 Å². The fraction of sp³-hybridized carbons (Fsp3) is 0.0769. The highest BCUT2D eigenvalue weighted by atomic mass is 32.2. The van der Waals surface area contributed by atoms with Gasteiger partial charge in [-0.25, -0.2) is 13.1 Å². The number of amides is 1. The van der Waals surface area contributed by atoms with E-state index >= 15 is 0 Å². The minimum Gasteiger partial charge on any atom is -0.268 e. The lowest BCUT2D eigenvalue weighted by Crippen LogP contribution is -2.32. The predicted molar refractivity (Wildman–Crippen MR) is 70.3 cm³/mol. The molecule has 0 radical (unpaired) electrons. The molecule has 0 aliphatic heterocycles. The third-order valence-electron chi connectivity index (χ3n) is 2.65. The van der Waals surface area contributed by atoms with Gasteiger partial charge in [-0.05, 0) is 18.2 Å². The van der Waals surface area contributed by atoms with Crippen molar-refractivity contribution in [2.24, 2.45) is 0 Å². The Labute approximate surface area is 123 Å². The molecule has 0 unspecified atom stereocenters. The molecule has 0 atom stereocenters. The molecule has 9 heteroatoms. The predicted octanol–water partition coefficient (Wildman–Crippen LogP) is 2.22. The van der Waals surface area contributed by atoms with Crippen LogP contribution in [0.15, 0.2) is 53.7 Å². The van der Waals surface area contributed by atoms with Crippen LogP contribution in [-0.4, -0.2) is 19.3 Å². The van der Waals surface area contributed by atoms with Gasteiger partial charge in [0.15, 0.2) is 0 Å². The molecule has 1 heterocycles. The number of carbonyl (C=O) groups is 1. The van der Waals surface area contributed by atoms with Crippen LogP contribution < -0.4 is 4.72 Å². The molecule has 1 amide bonds. The summed E-state index contributed by atoms with van der Waals surface area (Å²) in [6.07, 6.45) is -3.27. The van der Waals surface area contributed by atoms with Gasteiger partial charge in [-0.3, -0.25) is 9.78 Å². The molecule has 1 aromatic heterocycles. The number of hydrogen-bond donors (Lipinski definition) is 1. The van der Waals surface area contributed by atoms with Gasteiger partial charge < -0.3 is 0 Å². The zero-order valence-corrected chi connectivity index (χ0v) is 11.6. The number of rotatable bonds is 3. The van der Waals surface area contributed by atoms with Gasteiger partial charge in [0.1, 0.15) is 0 Å². The second-order valence-electron chi connectivity index (χ2n) is 4.17. The number of hydrogen-bond acceptors (Lipinski definition) is 4. The number of halogens is 3. The molecule has 0 saturated heterocycles. The van der Waals surface area contributed by atoms with E-state index in [4.69, 9.17) is 0 Å². The van der Waals surface area contributed by atoms with Gasteiger partial charge in [0.2, 0.25) is 0 Å². The summed E-state index contributed by atoms with van der Waals surface area (Å²) in [5.41, 5.74) is -2.13. The van der Waals surface area contributed by atoms with Crippen molar-refractivity contribution in [1.82, 2.24) is 9.71 Å². The molecule has 0 spiro atoms. The van der Waals surface area contributed by atoms with Crippen LogP contribution in [0.4, 0.5) is 13.2 Å². The van der Waals surface area contributed by atoms with Crippen molar-refractivity contribution >= 4 is 15.9 Å². The molecule has 1 N–H and O–H groups in total. The van der Waals surface area contributed by atoms with E-state index in [0.717, 1.165) is 6.20 Å². The number of nitrogens with zero attached hydrogens (tertiary/aromatic N) is 1. The van der Waals surface area contributed by atoms with Crippen molar-refractivity contribution in [2.75, 3.05) is 0 Å². The molecular weight excluding hydrogens is 321 g/mol. The van der Waals surface area contributed by atoms with E-state index in [1.54, 1.807) is 10.8 Å². The third kappa shape index (κ3) is 3.42. The molecule has 0 aliphatic carbocycles. The SMILES string of the molecule is O=C(NS(=O)(=O)c1ccccc1)c1cnccc1C(F)(F)F. The lowest BCUT2D eigenvalue weighted by atomic mass is 10.1. The maximum Gasteiger partial charge on any atom is 0.417 e. The minimum atomic E-state index is -4.80. The highest BCUT2D eigenvalue weighted by molar-refractivity contribution is 7.90. The van der Waals surface area contributed by atoms with Crippen LogP contribution in [0.1, 0.15) is 15.9 Å². The lowest BCUT2D eigenvalue weighted by molar-refractivity contribution is -0.138. The van der Waals surface area contributed by atoms with Crippen molar-refractivity contribution in [3.8, 4) is 0 Å². The maximum atomic E-state index is 12.8. The monoisotopic (exact) mass is 330 g/mol. The molecule has 0 fully saturated rings. The summed E-state index contributed by atoms with van der Waals surface area (Å²) >= 11 is 0. The zero-order valence-electron chi connectivity index (χ0n) is 10.8. The topological polar surface area (TPSA) is 76.1 Å². The molecular formula is C13H9F3N2O3S. The molecule has 116 valence electrons. The van der Waals surface area contributed by atoms with Gasteiger partial charge in [-0.1, -0.05) is 18.2 Å². The van der Waals surface area contributed by atoms with Crippen molar-refractivity contribution < 1.29 is 26.4 Å². The van der Waals surface area contributed by atoms with Crippen molar-refractivity contribution in [2.45, 2.75) is 11.1 Å². The lowest BCUT2D eigenvalue weighted by Gasteiger charge is -2.12. The summed E-state index contributed by atoms with van der Waals surface area (Å²) in [5, 5.41) is 0. The molecule has 2 rings (SSSR count). The van der Waals surface area contributed by atoms with Crippen molar-refractivity contribution in [1.29, 1.82) is 0 Å². The molecule has 1 aromatic carbocycles. The van der Waals surface area contributed by atoms with E-state index in [1.807, 2.05) is 0 Å². The van der Waals surface area contributed by atoms with E-state index < -0.39 is 33.2 Å². The number of pyridine rings is 1. The van der Waals surface area contributed by atoms with Gasteiger partial charge >= 0.3 is 6.18 Å². The summed E-state index contributed by atoms with van der Waals surface area (Å²) < 4.78 is 63.9. The molecule has 0 saturated carbocycles. The van der Waals surface area contributed by atoms with E-state index in [2.05, 4.69) is 4.98 Å². The van der Waals surface area contributed by atoms with Crippen molar-refractivity contribution in [3.63, 3.8) is 0 Å². The van der Waals surface area contributed by atoms with Crippen LogP contribution in [0.5, 0.6) is 0 Å². The molecule has 22 heavy (non-hydrogen) atoms. The van der Waals surface area contributed by atoms with Gasteiger partial charge in [0.25, 0.3) is 15.9 Å². The Morgan fingerprint density at radius 3 is 2.32 bits per heavy atom. The third-order valence-corrected chi connectivity index (χ3v) is 4.00. The summed E-state index contributed by atoms with van der Waals surface area (Å²) in [6.45, 7) is 0. The average molecular weight is 330 g/mol. The molecule has 0 aliphatic rings. The van der Waals surface area contributed by atoms with Crippen LogP contribution in [0, 0.1) is 0 Å². The second-order valence-corrected chi connectivity index (χ2v) is 5.85. The molecule has 2 aromatic rings. The Morgan fingerprint density at radius 1 is 1.09 bits per heavy atom. The fourth-order valence-electron chi connectivity index (χ4n) is 1.66. The highest BCUT2D eigenvalue weighted by Crippen LogP contribution is 2.31. The first kappa shape index (κ1) is 16.0. The quantitative estimate of drug-likeness (QED) is 0.936. The molecule has 5 nitrogen and oxygen atoms in total. The number of alkyl halides is 3. The first-order valence-electron chi connectivity index (χ1n) is 5.85. The number of carbonyl (C=O) groups excluding carboxylic acids is 1. The smallest absolute Gasteiger partial charge is 0.268 e. The Kier molecular flexibility index (Phi) is 4.18. The number of nitrogens with one attached hydrogen (secondary N) is 1. The van der Waals surface area contributed by atoms with Crippen LogP contribution in [0.2, 0.25) is 0 Å². The van der Waals surface area contributed by atoms with Crippen molar-refractivity contribution in [3.05, 3.63) is 59.9 Å². The normalized spacial score (nSPS) is 12.0. The Balaban J connectivity index is 2.35. The maximum absolute atomic E-state index is 12.8. The molecule has 0 bridgehead atoms. The summed E-state index contributed by atoms with van der Waals surface area (Å²) in [6, 6.07) is 7.43. The van der Waals surface area contributed by atoms with Crippen LogP contribution in [0.25, 0.3) is 0 Å². The Morgan fingerprint density at radius 2 is 1.73 bits per heavy atom. The first-order chi connectivity index (χ1) is 10.2. The zero-order chi connectivity index (χ0) is 16.4. The van der Waals surface area contributed by atoms with Gasteiger partial charge in [-0.2, -0.15) is 13.2 Å². The van der Waals surface area contributed by atoms with E-state index in [9.17, 15) is 26.4 Å². The standard InChI is InChI=1S/C13H9F3N2O3S/c14-13(15,16)11-6-7-17-8-10(11)12(19)18-22(20,21)9-4-2-1-3-5-9/h1-8H,(H,18,19). The summed E-state index contributed by atoms with van der Waals surface area (Å²) in [5.74, 6) is -1.40. The van der Waals surface area contributed by atoms with E-state index in [0.29, 0.717) is 12.3 Å². The summed E-state index contributed by atoms with van der Waals surface area (Å²) in [4.78, 5) is 15.1. The van der Waals surface area contributed by atoms with Gasteiger partial charge in [0, 0.05) is 12.4 Å². The number of sulfonamides is 1. The minimum absolute atomic E-state index is 0.235. The Hall–Kier alpha value is -2.42. The largest absolute Gasteiger partial charge is 0.417 e. The second kappa shape index (κ2) is 5.76. The van der Waals surface area contributed by atoms with Gasteiger partial charge in [0.05, 0.1) is 16.0 Å². The van der Waals surface area contributed by atoms with E-state index in [1.165, 1.54) is 24.3 Å². The van der Waals surface area contributed by atoms with Crippen LogP contribution in [-0.2, 0) is 16.2 Å². The number of benzene rings is 1. The Bertz CT molecular complexity index is 790. The van der Waals surface area contributed by atoms with E-state index in [-0.39, 0.29) is 4.90 Å². The first-order valence-corrected chi connectivity index (χ1v) is 7.33. The highest BCUT2D eigenvalue weighted by Gasteiger charge is 2.36. The van der Waals surface area contributed by atoms with Crippen LogP contribution in [0.3, 0.4) is 0 Å². The average Bonchev–Trinajstić information content (AvgIpc) is 2.47. The summed E-state index contributed by atoms with van der Waals surface area (Å²) in [7, 11) is -4.26. The number of aromatic nitrogens is 1. The van der Waals surface area contributed by atoms with Crippen LogP contribution >= 0.6 is 0 Å². The fourth-order valence-corrected chi connectivity index (χ4v) is 2.65.